The number of carboxylic acid groups (broad SMARTS) is 1. The van der Waals surface area contributed by atoms with E-state index in [1.807, 2.05) is 13.8 Å². The lowest BCUT2D eigenvalue weighted by Gasteiger charge is -2.31. The fraction of sp³-hybridized carbons (Fsp3) is 0.719. The second kappa shape index (κ2) is 21.4. The van der Waals surface area contributed by atoms with E-state index in [0.717, 1.165) is 0 Å². The van der Waals surface area contributed by atoms with E-state index in [9.17, 15) is 43.2 Å². The van der Waals surface area contributed by atoms with Crippen LogP contribution in [0.4, 0.5) is 0 Å². The number of carboxylic acids is 1. The molecule has 1 aliphatic heterocycles. The van der Waals surface area contributed by atoms with Crippen molar-refractivity contribution >= 4 is 53.2 Å². The third kappa shape index (κ3) is 15.3. The summed E-state index contributed by atoms with van der Waals surface area (Å²) in [6, 6.07) is -5.73. The highest BCUT2D eigenvalue weighted by Gasteiger charge is 2.39. The van der Waals surface area contributed by atoms with Crippen molar-refractivity contribution in [1.82, 2.24) is 36.8 Å². The molecule has 0 bridgehead atoms. The van der Waals surface area contributed by atoms with E-state index in [-0.39, 0.29) is 44.7 Å². The van der Waals surface area contributed by atoms with Crippen molar-refractivity contribution in [3.63, 3.8) is 0 Å². The number of aliphatic carboxylic acids is 1. The molecular formula is C32H55N9O10. The maximum atomic E-state index is 13.7. The number of carbonyl (C=O) groups excluding carboxylic acids is 8. The predicted octanol–water partition coefficient (Wildman–Crippen LogP) is -3.18. The number of nitrogens with two attached hydrogens (primary N) is 2. The lowest BCUT2D eigenvalue weighted by atomic mass is 9.98. The fourth-order valence-corrected chi connectivity index (χ4v) is 5.35. The van der Waals surface area contributed by atoms with Crippen LogP contribution in [0, 0.1) is 17.8 Å². The van der Waals surface area contributed by atoms with Crippen LogP contribution in [0.3, 0.4) is 0 Å². The fourth-order valence-electron chi connectivity index (χ4n) is 5.35. The van der Waals surface area contributed by atoms with E-state index in [0.29, 0.717) is 6.42 Å². The maximum Gasteiger partial charge on any atom is 0.322 e. The van der Waals surface area contributed by atoms with Crippen molar-refractivity contribution in [2.75, 3.05) is 26.2 Å². The first-order valence-corrected chi connectivity index (χ1v) is 17.0. The molecule has 0 aliphatic carbocycles. The van der Waals surface area contributed by atoms with Gasteiger partial charge in [-0.2, -0.15) is 0 Å². The Balaban J connectivity index is 3.18. The van der Waals surface area contributed by atoms with Crippen molar-refractivity contribution in [2.24, 2.45) is 29.2 Å². The van der Waals surface area contributed by atoms with Gasteiger partial charge in [0.25, 0.3) is 0 Å². The van der Waals surface area contributed by atoms with Crippen LogP contribution in [-0.4, -0.2) is 120 Å². The molecule has 1 saturated heterocycles. The molecule has 0 aromatic rings. The summed E-state index contributed by atoms with van der Waals surface area (Å²) in [6.45, 7) is 9.09. The molecule has 8 amide bonds. The molecule has 19 heteroatoms. The molecule has 0 saturated carbocycles. The van der Waals surface area contributed by atoms with Gasteiger partial charge in [0.1, 0.15) is 36.8 Å². The van der Waals surface area contributed by atoms with Gasteiger partial charge in [-0.3, -0.25) is 43.2 Å². The van der Waals surface area contributed by atoms with Gasteiger partial charge in [-0.25, -0.2) is 0 Å². The number of hydrogen-bond acceptors (Lipinski definition) is 10. The monoisotopic (exact) mass is 725 g/mol. The lowest BCUT2D eigenvalue weighted by molar-refractivity contribution is -0.143. The summed E-state index contributed by atoms with van der Waals surface area (Å²) < 4.78 is 0. The molecule has 5 atom stereocenters. The number of primary amides is 1. The molecule has 0 unspecified atom stereocenters. The number of amides is 8. The summed E-state index contributed by atoms with van der Waals surface area (Å²) in [7, 11) is 0. The van der Waals surface area contributed by atoms with Gasteiger partial charge in [0.15, 0.2) is 0 Å². The van der Waals surface area contributed by atoms with Crippen molar-refractivity contribution in [3.8, 4) is 0 Å². The number of likely N-dealkylation sites (tertiary alicyclic amines) is 1. The summed E-state index contributed by atoms with van der Waals surface area (Å²) in [5.41, 5.74) is 10.6. The highest BCUT2D eigenvalue weighted by atomic mass is 16.4. The van der Waals surface area contributed by atoms with Gasteiger partial charge in [0.2, 0.25) is 47.3 Å². The van der Waals surface area contributed by atoms with Crippen molar-refractivity contribution < 1.29 is 48.3 Å². The van der Waals surface area contributed by atoms with Crippen molar-refractivity contribution in [2.45, 2.75) is 104 Å². The van der Waals surface area contributed by atoms with Gasteiger partial charge in [0, 0.05) is 13.0 Å². The summed E-state index contributed by atoms with van der Waals surface area (Å²) in [5.74, 6) is -7.73. The highest BCUT2D eigenvalue weighted by molar-refractivity contribution is 5.97. The summed E-state index contributed by atoms with van der Waals surface area (Å²) in [4.78, 5) is 115. The van der Waals surface area contributed by atoms with E-state index in [2.05, 4.69) is 31.9 Å². The molecule has 0 aromatic heterocycles. The quantitative estimate of drug-likeness (QED) is 0.0568. The Bertz CT molecular complexity index is 1290. The topological polar surface area (TPSA) is 301 Å². The second-order valence-electron chi connectivity index (χ2n) is 13.6. The first-order chi connectivity index (χ1) is 23.8. The van der Waals surface area contributed by atoms with Gasteiger partial charge >= 0.3 is 5.97 Å². The van der Waals surface area contributed by atoms with Crippen LogP contribution in [-0.2, 0) is 43.2 Å². The van der Waals surface area contributed by atoms with Crippen LogP contribution in [0.25, 0.3) is 0 Å². The Kier molecular flexibility index (Phi) is 18.6. The number of nitrogens with one attached hydrogen (secondary N) is 6. The smallest absolute Gasteiger partial charge is 0.322 e. The molecule has 0 aromatic carbocycles. The van der Waals surface area contributed by atoms with Gasteiger partial charge in [-0.05, 0) is 43.4 Å². The van der Waals surface area contributed by atoms with E-state index < -0.39 is 108 Å². The van der Waals surface area contributed by atoms with E-state index >= 15 is 0 Å². The molecule has 0 spiro atoms. The van der Waals surface area contributed by atoms with Crippen LogP contribution in [0.2, 0.25) is 0 Å². The van der Waals surface area contributed by atoms with E-state index in [1.54, 1.807) is 27.7 Å². The standard InChI is InChI=1S/C32H55N9O10/c1-16(2)12-20(38-30(49)26(17(3)4)39-24(44)14-35-23(43)13-33)28(47)40-27(18(5)6)31(50)37-19(9-10-22(34)42)32(51)41-11-7-8-21(41)29(48)36-15-25(45)46/h16-21,26-27H,7-15,33H2,1-6H3,(H2,34,42)(H,35,43)(H,36,48)(H,37,50)(H,38,49)(H,39,44)(H,40,47)(H,45,46)/t19-,20-,21-,26-,27+/m0/s1. The highest BCUT2D eigenvalue weighted by Crippen LogP contribution is 2.20. The van der Waals surface area contributed by atoms with Crippen LogP contribution >= 0.6 is 0 Å². The minimum Gasteiger partial charge on any atom is -0.480 e. The third-order valence-corrected chi connectivity index (χ3v) is 8.03. The normalized spacial score (nSPS) is 16.4. The summed E-state index contributed by atoms with van der Waals surface area (Å²) in [5, 5.41) is 24.0. The minimum atomic E-state index is -1.31. The van der Waals surface area contributed by atoms with Crippen LogP contribution in [0.15, 0.2) is 0 Å². The zero-order valence-corrected chi connectivity index (χ0v) is 30.2. The first kappa shape index (κ1) is 44.2. The molecule has 288 valence electrons. The Labute approximate surface area is 297 Å². The Morgan fingerprint density at radius 3 is 1.82 bits per heavy atom. The zero-order valence-electron chi connectivity index (χ0n) is 30.2. The number of nitrogens with zero attached hydrogens (tertiary/aromatic N) is 1. The lowest BCUT2D eigenvalue weighted by Crippen LogP contribution is -2.61. The largest absolute Gasteiger partial charge is 0.480 e. The minimum absolute atomic E-state index is 0.0946. The van der Waals surface area contributed by atoms with Gasteiger partial charge in [-0.1, -0.05) is 41.5 Å². The van der Waals surface area contributed by atoms with Crippen molar-refractivity contribution in [3.05, 3.63) is 0 Å². The third-order valence-electron chi connectivity index (χ3n) is 8.03. The van der Waals surface area contributed by atoms with Gasteiger partial charge in [0.05, 0.1) is 13.1 Å². The van der Waals surface area contributed by atoms with Crippen LogP contribution in [0.5, 0.6) is 0 Å². The van der Waals surface area contributed by atoms with Crippen molar-refractivity contribution in [1.29, 1.82) is 0 Å². The molecule has 11 N–H and O–H groups in total. The summed E-state index contributed by atoms with van der Waals surface area (Å²) in [6.07, 6.45) is 0.369. The Hall–Kier alpha value is -4.81. The molecule has 1 rings (SSSR count). The van der Waals surface area contributed by atoms with Gasteiger partial charge < -0.3 is 53.4 Å². The average molecular weight is 726 g/mol. The number of rotatable bonds is 21. The number of carbonyl (C=O) groups is 9. The first-order valence-electron chi connectivity index (χ1n) is 17.0. The van der Waals surface area contributed by atoms with E-state index in [4.69, 9.17) is 16.6 Å². The molecule has 51 heavy (non-hydrogen) atoms. The predicted molar refractivity (Wildman–Crippen MR) is 183 cm³/mol. The van der Waals surface area contributed by atoms with Crippen LogP contribution < -0.4 is 43.4 Å². The SMILES string of the molecule is CC(C)C[C@H](NC(=O)[C@@H](NC(=O)CNC(=O)CN)C(C)C)C(=O)N[C@@H](C(=O)N[C@@H](CCC(N)=O)C(=O)N1CCC[C@H]1C(=O)NCC(=O)O)C(C)C. The molecular weight excluding hydrogens is 670 g/mol. The summed E-state index contributed by atoms with van der Waals surface area (Å²) >= 11 is 0. The Morgan fingerprint density at radius 2 is 1.31 bits per heavy atom. The van der Waals surface area contributed by atoms with Crippen LogP contribution in [0.1, 0.15) is 73.6 Å². The molecule has 1 aliphatic rings. The number of hydrogen-bond donors (Lipinski definition) is 9. The molecule has 1 heterocycles. The molecule has 1 fully saturated rings. The second-order valence-corrected chi connectivity index (χ2v) is 13.6. The zero-order chi connectivity index (χ0) is 39.0. The van der Waals surface area contributed by atoms with E-state index in [1.165, 1.54) is 4.90 Å². The average Bonchev–Trinajstić information content (AvgIpc) is 3.54. The van der Waals surface area contributed by atoms with Gasteiger partial charge in [-0.15, -0.1) is 0 Å². The molecule has 19 nitrogen and oxygen atoms in total. The molecule has 0 radical (unpaired) electrons. The Morgan fingerprint density at radius 1 is 0.745 bits per heavy atom. The maximum absolute atomic E-state index is 13.7.